The smallest absolute Gasteiger partial charge is 0.407 e. The predicted octanol–water partition coefficient (Wildman–Crippen LogP) is 2.42. The number of halogens is 1. The first-order valence-corrected chi connectivity index (χ1v) is 5.58. The van der Waals surface area contributed by atoms with Crippen LogP contribution in [0.25, 0.3) is 11.1 Å². The third-order valence-electron chi connectivity index (χ3n) is 2.79. The molecule has 0 saturated heterocycles. The van der Waals surface area contributed by atoms with Crippen LogP contribution in [0.1, 0.15) is 10.4 Å². The molecule has 5 heteroatoms. The van der Waals surface area contributed by atoms with Crippen LogP contribution < -0.4 is 5.76 Å². The standard InChI is InChI=1S/C14H8FNO3/c15-10-6-2-1-5-9(10)13(17)16-11-7-3-4-8-12(11)19-14(16)18/h1-8H. The van der Waals surface area contributed by atoms with Gasteiger partial charge in [-0.05, 0) is 24.3 Å². The summed E-state index contributed by atoms with van der Waals surface area (Å²) in [5.74, 6) is -2.24. The highest BCUT2D eigenvalue weighted by Gasteiger charge is 2.19. The molecule has 3 aromatic rings. The van der Waals surface area contributed by atoms with E-state index in [1.54, 1.807) is 24.3 Å². The molecular weight excluding hydrogens is 249 g/mol. The number of oxazole rings is 1. The van der Waals surface area contributed by atoms with Crippen molar-refractivity contribution in [2.24, 2.45) is 0 Å². The van der Waals surface area contributed by atoms with E-state index in [-0.39, 0.29) is 11.1 Å². The van der Waals surface area contributed by atoms with E-state index in [4.69, 9.17) is 4.42 Å². The van der Waals surface area contributed by atoms with Gasteiger partial charge in [-0.25, -0.2) is 13.8 Å². The van der Waals surface area contributed by atoms with E-state index in [1.165, 1.54) is 24.3 Å². The molecule has 0 N–H and O–H groups in total. The topological polar surface area (TPSA) is 52.2 Å². The molecule has 0 aliphatic rings. The number of carbonyl (C=O) groups is 1. The molecule has 3 rings (SSSR count). The highest BCUT2D eigenvalue weighted by molar-refractivity contribution is 6.00. The second-order valence-corrected chi connectivity index (χ2v) is 3.96. The number of fused-ring (bicyclic) bond motifs is 1. The molecule has 1 aromatic heterocycles. The Labute approximate surface area is 106 Å². The number of aromatic nitrogens is 1. The first kappa shape index (κ1) is 11.4. The van der Waals surface area contributed by atoms with E-state index in [0.29, 0.717) is 5.52 Å². The Kier molecular flexibility index (Phi) is 2.52. The Morgan fingerprint density at radius 3 is 2.53 bits per heavy atom. The molecule has 0 aliphatic heterocycles. The van der Waals surface area contributed by atoms with Crippen molar-refractivity contribution in [3.63, 3.8) is 0 Å². The Bertz CT molecular complexity index is 832. The monoisotopic (exact) mass is 257 g/mol. The normalized spacial score (nSPS) is 10.8. The minimum atomic E-state index is -0.825. The molecule has 0 aliphatic carbocycles. The average molecular weight is 257 g/mol. The molecule has 0 bridgehead atoms. The van der Waals surface area contributed by atoms with Gasteiger partial charge in [-0.15, -0.1) is 0 Å². The highest BCUT2D eigenvalue weighted by atomic mass is 19.1. The number of hydrogen-bond donors (Lipinski definition) is 0. The van der Waals surface area contributed by atoms with E-state index in [2.05, 4.69) is 0 Å². The van der Waals surface area contributed by atoms with Crippen LogP contribution >= 0.6 is 0 Å². The van der Waals surface area contributed by atoms with Gasteiger partial charge in [0.2, 0.25) is 0 Å². The number of carbonyl (C=O) groups excluding carboxylic acids is 1. The summed E-state index contributed by atoms with van der Waals surface area (Å²) in [6, 6.07) is 12.0. The number of hydrogen-bond acceptors (Lipinski definition) is 3. The number of rotatable bonds is 1. The number of para-hydroxylation sites is 2. The first-order chi connectivity index (χ1) is 9.18. The molecule has 0 spiro atoms. The van der Waals surface area contributed by atoms with Crippen molar-refractivity contribution in [3.05, 3.63) is 70.5 Å². The second-order valence-electron chi connectivity index (χ2n) is 3.96. The van der Waals surface area contributed by atoms with Crippen LogP contribution in [0.15, 0.2) is 57.7 Å². The summed E-state index contributed by atoms with van der Waals surface area (Å²) in [4.78, 5) is 23.9. The molecule has 0 unspecified atom stereocenters. The molecule has 0 radical (unpaired) electrons. The quantitative estimate of drug-likeness (QED) is 0.672. The van der Waals surface area contributed by atoms with Gasteiger partial charge in [-0.1, -0.05) is 24.3 Å². The predicted molar refractivity (Wildman–Crippen MR) is 66.6 cm³/mol. The SMILES string of the molecule is O=C(c1ccccc1F)n1c(=O)oc2ccccc21. The Hall–Kier alpha value is -2.69. The number of nitrogens with zero attached hydrogens (tertiary/aromatic N) is 1. The average Bonchev–Trinajstić information content (AvgIpc) is 2.74. The summed E-state index contributed by atoms with van der Waals surface area (Å²) < 4.78 is 19.4. The van der Waals surface area contributed by atoms with E-state index < -0.39 is 17.5 Å². The summed E-state index contributed by atoms with van der Waals surface area (Å²) in [5, 5.41) is 0. The first-order valence-electron chi connectivity index (χ1n) is 5.58. The van der Waals surface area contributed by atoms with Crippen molar-refractivity contribution in [2.75, 3.05) is 0 Å². The van der Waals surface area contributed by atoms with Crippen LogP contribution in [-0.4, -0.2) is 10.5 Å². The summed E-state index contributed by atoms with van der Waals surface area (Å²) in [5.41, 5.74) is 0.439. The maximum atomic E-state index is 13.6. The third kappa shape index (κ3) is 1.76. The zero-order valence-corrected chi connectivity index (χ0v) is 9.67. The Morgan fingerprint density at radius 2 is 1.74 bits per heavy atom. The van der Waals surface area contributed by atoms with Crippen molar-refractivity contribution < 1.29 is 13.6 Å². The van der Waals surface area contributed by atoms with Gasteiger partial charge in [-0.2, -0.15) is 0 Å². The lowest BCUT2D eigenvalue weighted by molar-refractivity contribution is 0.0952. The van der Waals surface area contributed by atoms with Gasteiger partial charge < -0.3 is 4.42 Å². The zero-order valence-electron chi connectivity index (χ0n) is 9.67. The van der Waals surface area contributed by atoms with E-state index in [1.807, 2.05) is 0 Å². The Morgan fingerprint density at radius 1 is 1.05 bits per heavy atom. The van der Waals surface area contributed by atoms with Crippen molar-refractivity contribution in [2.45, 2.75) is 0 Å². The summed E-state index contributed by atoms with van der Waals surface area (Å²) in [6.45, 7) is 0. The van der Waals surface area contributed by atoms with Gasteiger partial charge in [0, 0.05) is 0 Å². The van der Waals surface area contributed by atoms with Gasteiger partial charge in [0.1, 0.15) is 5.82 Å². The molecule has 1 heterocycles. The summed E-state index contributed by atoms with van der Waals surface area (Å²) in [7, 11) is 0. The van der Waals surface area contributed by atoms with Crippen LogP contribution in [-0.2, 0) is 0 Å². The molecule has 0 atom stereocenters. The summed E-state index contributed by atoms with van der Waals surface area (Å²) in [6.07, 6.45) is 0. The maximum Gasteiger partial charge on any atom is 0.427 e. The number of benzene rings is 2. The Balaban J connectivity index is 2.26. The van der Waals surface area contributed by atoms with E-state index in [9.17, 15) is 14.0 Å². The molecule has 4 nitrogen and oxygen atoms in total. The van der Waals surface area contributed by atoms with Crippen molar-refractivity contribution in [3.8, 4) is 0 Å². The van der Waals surface area contributed by atoms with Crippen LogP contribution in [0.3, 0.4) is 0 Å². The van der Waals surface area contributed by atoms with Crippen LogP contribution in [0, 0.1) is 5.82 Å². The van der Waals surface area contributed by atoms with Gasteiger partial charge >= 0.3 is 5.76 Å². The fourth-order valence-electron chi connectivity index (χ4n) is 1.91. The van der Waals surface area contributed by atoms with Crippen LogP contribution in [0.5, 0.6) is 0 Å². The molecular formula is C14H8FNO3. The van der Waals surface area contributed by atoms with Gasteiger partial charge in [0.15, 0.2) is 5.58 Å². The minimum Gasteiger partial charge on any atom is -0.407 e. The molecule has 94 valence electrons. The summed E-state index contributed by atoms with van der Waals surface area (Å²) >= 11 is 0. The maximum absolute atomic E-state index is 13.6. The highest BCUT2D eigenvalue weighted by Crippen LogP contribution is 2.15. The van der Waals surface area contributed by atoms with Gasteiger partial charge in [0.25, 0.3) is 5.91 Å². The lowest BCUT2D eigenvalue weighted by atomic mass is 10.2. The zero-order chi connectivity index (χ0) is 13.4. The van der Waals surface area contributed by atoms with Crippen LogP contribution in [0.4, 0.5) is 4.39 Å². The largest absolute Gasteiger partial charge is 0.427 e. The van der Waals surface area contributed by atoms with E-state index >= 15 is 0 Å². The molecule has 0 fully saturated rings. The van der Waals surface area contributed by atoms with Crippen LogP contribution in [0.2, 0.25) is 0 Å². The third-order valence-corrected chi connectivity index (χ3v) is 2.79. The van der Waals surface area contributed by atoms with E-state index in [0.717, 1.165) is 4.57 Å². The molecule has 0 amide bonds. The lowest BCUT2D eigenvalue weighted by Crippen LogP contribution is -2.24. The van der Waals surface area contributed by atoms with Gasteiger partial charge in [-0.3, -0.25) is 4.79 Å². The van der Waals surface area contributed by atoms with Gasteiger partial charge in [0.05, 0.1) is 11.1 Å². The fourth-order valence-corrected chi connectivity index (χ4v) is 1.91. The second kappa shape index (κ2) is 4.20. The van der Waals surface area contributed by atoms with Crippen molar-refractivity contribution in [1.82, 2.24) is 4.57 Å². The van der Waals surface area contributed by atoms with Crippen molar-refractivity contribution >= 4 is 17.0 Å². The molecule has 0 saturated carbocycles. The van der Waals surface area contributed by atoms with Crippen molar-refractivity contribution in [1.29, 1.82) is 0 Å². The molecule has 2 aromatic carbocycles. The molecule has 19 heavy (non-hydrogen) atoms. The minimum absolute atomic E-state index is 0.170. The lowest BCUT2D eigenvalue weighted by Gasteiger charge is -2.02. The fraction of sp³-hybridized carbons (Fsp3) is 0.